The minimum atomic E-state index is 0.270. The quantitative estimate of drug-likeness (QED) is 0.669. The molecule has 0 amide bonds. The van der Waals surface area contributed by atoms with E-state index in [-0.39, 0.29) is 6.10 Å². The highest BCUT2D eigenvalue weighted by molar-refractivity contribution is 7.13. The molecule has 2 saturated heterocycles. The molecule has 2 aliphatic rings. The Bertz CT molecular complexity index is 921. The lowest BCUT2D eigenvalue weighted by Gasteiger charge is -2.32. The van der Waals surface area contributed by atoms with Crippen LogP contribution in [0.15, 0.2) is 35.8 Å². The Kier molecular flexibility index (Phi) is 4.53. The van der Waals surface area contributed by atoms with E-state index in [0.29, 0.717) is 6.04 Å². The number of aromatic nitrogens is 2. The molecule has 6 heteroatoms. The lowest BCUT2D eigenvalue weighted by Crippen LogP contribution is -2.38. The monoisotopic (exact) mass is 383 g/mol. The van der Waals surface area contributed by atoms with Crippen molar-refractivity contribution in [3.8, 4) is 5.75 Å². The van der Waals surface area contributed by atoms with Gasteiger partial charge in [-0.05, 0) is 31.5 Å². The molecule has 0 spiro atoms. The Labute approximate surface area is 163 Å². The molecule has 142 valence electrons. The minimum absolute atomic E-state index is 0.270. The van der Waals surface area contributed by atoms with Crippen LogP contribution >= 0.6 is 11.3 Å². The molecule has 0 aliphatic carbocycles. The van der Waals surface area contributed by atoms with Crippen molar-refractivity contribution < 1.29 is 9.47 Å². The zero-order valence-electron chi connectivity index (χ0n) is 15.6. The fraction of sp³-hybridized carbons (Fsp3) is 0.476. The summed E-state index contributed by atoms with van der Waals surface area (Å²) in [5.41, 5.74) is 2.36. The molecule has 0 radical (unpaired) electrons. The molecular formula is C21H25N3O2S. The van der Waals surface area contributed by atoms with Gasteiger partial charge in [-0.25, -0.2) is 4.98 Å². The third-order valence-corrected chi connectivity index (χ3v) is 6.65. The first-order valence-electron chi connectivity index (χ1n) is 9.79. The van der Waals surface area contributed by atoms with Crippen molar-refractivity contribution in [2.45, 2.75) is 38.3 Å². The molecule has 0 N–H and O–H groups in total. The van der Waals surface area contributed by atoms with Crippen LogP contribution in [-0.2, 0) is 4.74 Å². The molecular weight excluding hydrogens is 358 g/mol. The number of anilines is 1. The number of aryl methyl sites for hydroxylation is 1. The summed E-state index contributed by atoms with van der Waals surface area (Å²) in [6.45, 7) is 5.74. The second-order valence-corrected chi connectivity index (χ2v) is 8.34. The van der Waals surface area contributed by atoms with Crippen LogP contribution in [0.1, 0.15) is 31.0 Å². The molecule has 5 rings (SSSR count). The SMILES string of the molecule is Cc1csc(N2CCC(Oc3cccc4c3ccn4C3CCOC3)CC2)n1. The van der Waals surface area contributed by atoms with E-state index in [9.17, 15) is 0 Å². The Balaban J connectivity index is 1.29. The average Bonchev–Trinajstić information content (AvgIpc) is 3.42. The molecule has 5 nitrogen and oxygen atoms in total. The van der Waals surface area contributed by atoms with Gasteiger partial charge in [0.05, 0.1) is 23.9 Å². The Morgan fingerprint density at radius 3 is 2.81 bits per heavy atom. The zero-order valence-corrected chi connectivity index (χ0v) is 16.5. The fourth-order valence-electron chi connectivity index (χ4n) is 4.15. The van der Waals surface area contributed by atoms with Gasteiger partial charge in [-0.1, -0.05) is 6.07 Å². The van der Waals surface area contributed by atoms with Gasteiger partial charge >= 0.3 is 0 Å². The molecule has 2 fully saturated rings. The van der Waals surface area contributed by atoms with Crippen LogP contribution in [0.25, 0.3) is 10.9 Å². The van der Waals surface area contributed by atoms with Crippen LogP contribution in [0, 0.1) is 6.92 Å². The average molecular weight is 384 g/mol. The van der Waals surface area contributed by atoms with Gasteiger partial charge in [0, 0.05) is 49.5 Å². The molecule has 1 atom stereocenters. The predicted molar refractivity (Wildman–Crippen MR) is 109 cm³/mol. The summed E-state index contributed by atoms with van der Waals surface area (Å²) in [6.07, 6.45) is 5.61. The maximum absolute atomic E-state index is 6.45. The second kappa shape index (κ2) is 7.17. The molecule has 1 unspecified atom stereocenters. The van der Waals surface area contributed by atoms with Crippen LogP contribution < -0.4 is 9.64 Å². The number of hydrogen-bond donors (Lipinski definition) is 0. The van der Waals surface area contributed by atoms with E-state index < -0.39 is 0 Å². The summed E-state index contributed by atoms with van der Waals surface area (Å²) in [6, 6.07) is 9.04. The third kappa shape index (κ3) is 3.32. The lowest BCUT2D eigenvalue weighted by atomic mass is 10.1. The van der Waals surface area contributed by atoms with Crippen molar-refractivity contribution in [2.24, 2.45) is 0 Å². The number of benzene rings is 1. The predicted octanol–water partition coefficient (Wildman–Crippen LogP) is 4.42. The van der Waals surface area contributed by atoms with Gasteiger partial charge in [0.2, 0.25) is 0 Å². The first kappa shape index (κ1) is 17.1. The van der Waals surface area contributed by atoms with Gasteiger partial charge in [0.25, 0.3) is 0 Å². The maximum Gasteiger partial charge on any atom is 0.185 e. The van der Waals surface area contributed by atoms with Crippen molar-refractivity contribution in [3.05, 3.63) is 41.5 Å². The number of rotatable bonds is 4. The van der Waals surface area contributed by atoms with Crippen molar-refractivity contribution in [1.82, 2.24) is 9.55 Å². The summed E-state index contributed by atoms with van der Waals surface area (Å²) in [7, 11) is 0. The molecule has 3 aromatic rings. The smallest absolute Gasteiger partial charge is 0.185 e. The number of hydrogen-bond acceptors (Lipinski definition) is 5. The van der Waals surface area contributed by atoms with E-state index in [2.05, 4.69) is 57.2 Å². The summed E-state index contributed by atoms with van der Waals surface area (Å²) in [5.74, 6) is 1.01. The van der Waals surface area contributed by atoms with Gasteiger partial charge in [-0.2, -0.15) is 0 Å². The summed E-state index contributed by atoms with van der Waals surface area (Å²) in [5, 5.41) is 4.48. The van der Waals surface area contributed by atoms with Gasteiger partial charge in [-0.15, -0.1) is 11.3 Å². The molecule has 2 aliphatic heterocycles. The van der Waals surface area contributed by atoms with E-state index in [4.69, 9.17) is 9.47 Å². The van der Waals surface area contributed by atoms with Crippen molar-refractivity contribution in [2.75, 3.05) is 31.2 Å². The first-order chi connectivity index (χ1) is 13.3. The van der Waals surface area contributed by atoms with Crippen LogP contribution in [-0.4, -0.2) is 42.0 Å². The highest BCUT2D eigenvalue weighted by Gasteiger charge is 2.24. The number of nitrogens with zero attached hydrogens (tertiary/aromatic N) is 3. The van der Waals surface area contributed by atoms with Crippen LogP contribution in [0.5, 0.6) is 5.75 Å². The topological polar surface area (TPSA) is 39.5 Å². The maximum atomic E-state index is 6.45. The van der Waals surface area contributed by atoms with Crippen LogP contribution in [0.4, 0.5) is 5.13 Å². The number of thiazole rings is 1. The normalized spacial score (nSPS) is 21.2. The molecule has 1 aromatic carbocycles. The van der Waals surface area contributed by atoms with Gasteiger partial charge < -0.3 is 18.9 Å². The van der Waals surface area contributed by atoms with Crippen LogP contribution in [0.3, 0.4) is 0 Å². The first-order valence-corrected chi connectivity index (χ1v) is 10.7. The number of piperidine rings is 1. The molecule has 4 heterocycles. The number of fused-ring (bicyclic) bond motifs is 1. The summed E-state index contributed by atoms with van der Waals surface area (Å²) < 4.78 is 14.4. The second-order valence-electron chi connectivity index (χ2n) is 7.51. The molecule has 2 aromatic heterocycles. The lowest BCUT2D eigenvalue weighted by molar-refractivity contribution is 0.173. The summed E-state index contributed by atoms with van der Waals surface area (Å²) >= 11 is 1.74. The zero-order chi connectivity index (χ0) is 18.2. The van der Waals surface area contributed by atoms with Gasteiger partial charge in [0.15, 0.2) is 5.13 Å². The van der Waals surface area contributed by atoms with E-state index in [1.54, 1.807) is 11.3 Å². The van der Waals surface area contributed by atoms with E-state index in [1.807, 2.05) is 0 Å². The van der Waals surface area contributed by atoms with E-state index in [1.165, 1.54) is 10.9 Å². The fourth-order valence-corrected chi connectivity index (χ4v) is 5.01. The van der Waals surface area contributed by atoms with Crippen molar-refractivity contribution in [1.29, 1.82) is 0 Å². The molecule has 0 saturated carbocycles. The van der Waals surface area contributed by atoms with E-state index >= 15 is 0 Å². The summed E-state index contributed by atoms with van der Waals surface area (Å²) in [4.78, 5) is 7.00. The van der Waals surface area contributed by atoms with Gasteiger partial charge in [0.1, 0.15) is 11.9 Å². The highest BCUT2D eigenvalue weighted by Crippen LogP contribution is 2.33. The standard InChI is InChI=1S/C21H25N3O2S/c1-15-14-27-21(22-15)23-9-5-17(6-10-23)26-20-4-2-3-19-18(20)7-11-24(19)16-8-12-25-13-16/h2-4,7,11,14,16-17H,5-6,8-10,12-13H2,1H3. The largest absolute Gasteiger partial charge is 0.490 e. The van der Waals surface area contributed by atoms with E-state index in [0.717, 1.165) is 62.1 Å². The Morgan fingerprint density at radius 2 is 2.07 bits per heavy atom. The van der Waals surface area contributed by atoms with Crippen LogP contribution in [0.2, 0.25) is 0 Å². The van der Waals surface area contributed by atoms with Gasteiger partial charge in [-0.3, -0.25) is 0 Å². The van der Waals surface area contributed by atoms with Crippen molar-refractivity contribution in [3.63, 3.8) is 0 Å². The molecule has 0 bridgehead atoms. The molecule has 27 heavy (non-hydrogen) atoms. The van der Waals surface area contributed by atoms with Crippen molar-refractivity contribution >= 4 is 27.4 Å². The Hall–Kier alpha value is -2.05. The Morgan fingerprint density at radius 1 is 1.19 bits per heavy atom. The third-order valence-electron chi connectivity index (χ3n) is 5.64. The minimum Gasteiger partial charge on any atom is -0.490 e. The highest BCUT2D eigenvalue weighted by atomic mass is 32.1. The number of ether oxygens (including phenoxy) is 2.